The zero-order valence-electron chi connectivity index (χ0n) is 19.0. The Morgan fingerprint density at radius 3 is 2.45 bits per heavy atom. The van der Waals surface area contributed by atoms with Crippen molar-refractivity contribution in [3.8, 4) is 11.5 Å². The Balaban J connectivity index is 0.00000544. The number of nitrogens with one attached hydrogen (secondary N) is 3. The number of ether oxygens (including phenoxy) is 2. The molecule has 0 atom stereocenters. The van der Waals surface area contributed by atoms with Crippen LogP contribution in [-0.4, -0.2) is 38.7 Å². The zero-order valence-corrected chi connectivity index (χ0v) is 21.3. The van der Waals surface area contributed by atoms with Crippen molar-refractivity contribution in [3.05, 3.63) is 59.2 Å². The third-order valence-corrected chi connectivity index (χ3v) is 4.42. The van der Waals surface area contributed by atoms with Crippen molar-refractivity contribution in [1.29, 1.82) is 0 Å². The number of alkyl halides is 2. The minimum atomic E-state index is -2.96. The summed E-state index contributed by atoms with van der Waals surface area (Å²) in [5.74, 6) is 0.610. The summed E-state index contributed by atoms with van der Waals surface area (Å²) in [6, 6.07) is 12.3. The Kier molecular flexibility index (Phi) is 13.1. The van der Waals surface area contributed by atoms with Gasteiger partial charge in [0.05, 0.1) is 6.61 Å². The van der Waals surface area contributed by atoms with Crippen LogP contribution in [0, 0.1) is 0 Å². The number of rotatable bonds is 11. The van der Waals surface area contributed by atoms with Crippen LogP contribution >= 0.6 is 24.0 Å². The number of carbonyl (C=O) groups is 1. The summed E-state index contributed by atoms with van der Waals surface area (Å²) in [6.45, 7) is 2.38. The standard InChI is InChI=1S/C23H30F2N4O3.HI/c1-4-12-27-21(30)17-9-6-8-16(13-17)14-28-23(26-3)29-15-18-10-7-11-19(31-5-2)20(18)32-22(24)25;/h6-11,13,22H,4-5,12,14-15H2,1-3H3,(H,27,30)(H2,26,28,29);1H. The van der Waals surface area contributed by atoms with E-state index in [-0.39, 0.29) is 47.9 Å². The smallest absolute Gasteiger partial charge is 0.387 e. The molecule has 10 heteroatoms. The number of benzene rings is 2. The van der Waals surface area contributed by atoms with Gasteiger partial charge in [-0.3, -0.25) is 9.79 Å². The van der Waals surface area contributed by atoms with E-state index in [0.717, 1.165) is 12.0 Å². The highest BCUT2D eigenvalue weighted by Gasteiger charge is 2.16. The summed E-state index contributed by atoms with van der Waals surface area (Å²) in [6.07, 6.45) is 0.868. The normalized spacial score (nSPS) is 10.9. The van der Waals surface area contributed by atoms with Crippen LogP contribution in [0.15, 0.2) is 47.5 Å². The van der Waals surface area contributed by atoms with Crippen molar-refractivity contribution in [3.63, 3.8) is 0 Å². The highest BCUT2D eigenvalue weighted by Crippen LogP contribution is 2.32. The summed E-state index contributed by atoms with van der Waals surface area (Å²) in [7, 11) is 1.61. The molecule has 0 saturated carbocycles. The highest BCUT2D eigenvalue weighted by atomic mass is 127. The van der Waals surface area contributed by atoms with Crippen LogP contribution in [0.25, 0.3) is 0 Å². The number of amides is 1. The molecule has 182 valence electrons. The number of halogens is 3. The molecule has 0 heterocycles. The average molecular weight is 576 g/mol. The van der Waals surface area contributed by atoms with Crippen LogP contribution < -0.4 is 25.4 Å². The molecule has 3 N–H and O–H groups in total. The lowest BCUT2D eigenvalue weighted by Gasteiger charge is -2.17. The van der Waals surface area contributed by atoms with E-state index in [0.29, 0.717) is 36.8 Å². The van der Waals surface area contributed by atoms with Crippen molar-refractivity contribution in [2.75, 3.05) is 20.2 Å². The maximum absolute atomic E-state index is 12.9. The van der Waals surface area contributed by atoms with Gasteiger partial charge in [-0.25, -0.2) is 0 Å². The molecule has 0 aliphatic heterocycles. The second kappa shape index (κ2) is 15.3. The lowest BCUT2D eigenvalue weighted by atomic mass is 10.1. The lowest BCUT2D eigenvalue weighted by Crippen LogP contribution is -2.36. The van der Waals surface area contributed by atoms with Crippen molar-refractivity contribution in [2.24, 2.45) is 4.99 Å². The molecule has 0 bridgehead atoms. The van der Waals surface area contributed by atoms with Gasteiger partial charge < -0.3 is 25.4 Å². The molecule has 2 rings (SSSR count). The Bertz CT molecular complexity index is 913. The van der Waals surface area contributed by atoms with Crippen LogP contribution in [0.3, 0.4) is 0 Å². The summed E-state index contributed by atoms with van der Waals surface area (Å²) in [5.41, 5.74) is 1.99. The molecular weight excluding hydrogens is 545 g/mol. The molecule has 0 aliphatic rings. The second-order valence-corrected chi connectivity index (χ2v) is 6.79. The van der Waals surface area contributed by atoms with Gasteiger partial charge in [0.2, 0.25) is 0 Å². The molecule has 0 fully saturated rings. The third-order valence-electron chi connectivity index (χ3n) is 4.42. The molecule has 0 aliphatic carbocycles. The van der Waals surface area contributed by atoms with Gasteiger partial charge in [-0.15, -0.1) is 24.0 Å². The van der Waals surface area contributed by atoms with Gasteiger partial charge in [0.1, 0.15) is 0 Å². The number of hydrogen-bond donors (Lipinski definition) is 3. The first-order valence-electron chi connectivity index (χ1n) is 10.5. The Hall–Kier alpha value is -2.63. The van der Waals surface area contributed by atoms with E-state index in [1.165, 1.54) is 0 Å². The van der Waals surface area contributed by atoms with Crippen LogP contribution in [0.5, 0.6) is 11.5 Å². The third kappa shape index (κ3) is 9.40. The zero-order chi connectivity index (χ0) is 23.3. The fraction of sp³-hybridized carbons (Fsp3) is 0.391. The molecule has 0 saturated heterocycles. The molecule has 7 nitrogen and oxygen atoms in total. The minimum Gasteiger partial charge on any atom is -0.490 e. The van der Waals surface area contributed by atoms with Crippen molar-refractivity contribution >= 4 is 35.8 Å². The Morgan fingerprint density at radius 2 is 1.79 bits per heavy atom. The molecule has 0 aromatic heterocycles. The van der Waals surface area contributed by atoms with Gasteiger partial charge in [-0.05, 0) is 37.1 Å². The fourth-order valence-electron chi connectivity index (χ4n) is 2.94. The van der Waals surface area contributed by atoms with Gasteiger partial charge in [-0.1, -0.05) is 31.2 Å². The average Bonchev–Trinajstić information content (AvgIpc) is 2.79. The first-order valence-corrected chi connectivity index (χ1v) is 10.5. The molecule has 33 heavy (non-hydrogen) atoms. The Morgan fingerprint density at radius 1 is 1.06 bits per heavy atom. The number of aliphatic imine (C=N–C) groups is 1. The Labute approximate surface area is 210 Å². The summed E-state index contributed by atoms with van der Waals surface area (Å²) in [4.78, 5) is 16.3. The van der Waals surface area contributed by atoms with Crippen LogP contribution in [0.1, 0.15) is 41.8 Å². The van der Waals surface area contributed by atoms with E-state index in [2.05, 4.69) is 20.9 Å². The molecule has 0 radical (unpaired) electrons. The first-order chi connectivity index (χ1) is 15.5. The maximum Gasteiger partial charge on any atom is 0.387 e. The fourth-order valence-corrected chi connectivity index (χ4v) is 2.94. The summed E-state index contributed by atoms with van der Waals surface area (Å²) in [5, 5.41) is 9.09. The highest BCUT2D eigenvalue weighted by molar-refractivity contribution is 14.0. The van der Waals surface area contributed by atoms with Crippen molar-refractivity contribution in [2.45, 2.75) is 40.0 Å². The number of carbonyl (C=O) groups excluding carboxylic acids is 1. The number of para-hydroxylation sites is 1. The minimum absolute atomic E-state index is 0. The van der Waals surface area contributed by atoms with Gasteiger partial charge in [0, 0.05) is 37.8 Å². The molecular formula is C23H31F2IN4O3. The predicted molar refractivity (Wildman–Crippen MR) is 136 cm³/mol. The van der Waals surface area contributed by atoms with E-state index in [4.69, 9.17) is 9.47 Å². The largest absolute Gasteiger partial charge is 0.490 e. The monoisotopic (exact) mass is 576 g/mol. The van der Waals surface area contributed by atoms with E-state index in [1.54, 1.807) is 38.2 Å². The van der Waals surface area contributed by atoms with Crippen LogP contribution in [0.4, 0.5) is 8.78 Å². The van der Waals surface area contributed by atoms with Gasteiger partial charge in [-0.2, -0.15) is 8.78 Å². The molecule has 1 amide bonds. The lowest BCUT2D eigenvalue weighted by molar-refractivity contribution is -0.0520. The molecule has 2 aromatic rings. The van der Waals surface area contributed by atoms with E-state index >= 15 is 0 Å². The van der Waals surface area contributed by atoms with Crippen LogP contribution in [0.2, 0.25) is 0 Å². The van der Waals surface area contributed by atoms with Crippen molar-refractivity contribution < 1.29 is 23.0 Å². The number of guanidine groups is 1. The maximum atomic E-state index is 12.9. The van der Waals surface area contributed by atoms with E-state index in [1.807, 2.05) is 25.1 Å². The van der Waals surface area contributed by atoms with E-state index < -0.39 is 6.61 Å². The topological polar surface area (TPSA) is 84.0 Å². The molecule has 2 aromatic carbocycles. The van der Waals surface area contributed by atoms with Crippen molar-refractivity contribution in [1.82, 2.24) is 16.0 Å². The summed E-state index contributed by atoms with van der Waals surface area (Å²) < 4.78 is 35.9. The van der Waals surface area contributed by atoms with E-state index in [9.17, 15) is 13.6 Å². The number of nitrogens with zero attached hydrogens (tertiary/aromatic N) is 1. The second-order valence-electron chi connectivity index (χ2n) is 6.79. The van der Waals surface area contributed by atoms with Gasteiger partial charge in [0.15, 0.2) is 17.5 Å². The first kappa shape index (κ1) is 28.4. The quantitative estimate of drug-likeness (QED) is 0.211. The van der Waals surface area contributed by atoms with Gasteiger partial charge in [0.25, 0.3) is 5.91 Å². The number of hydrogen-bond acceptors (Lipinski definition) is 4. The summed E-state index contributed by atoms with van der Waals surface area (Å²) >= 11 is 0. The molecule has 0 spiro atoms. The predicted octanol–water partition coefficient (Wildman–Crippen LogP) is 4.31. The van der Waals surface area contributed by atoms with Crippen LogP contribution in [-0.2, 0) is 13.1 Å². The SMILES string of the molecule is CCCNC(=O)c1cccc(CNC(=NC)NCc2cccc(OCC)c2OC(F)F)c1.I. The molecule has 0 unspecified atom stereocenters. The van der Waals surface area contributed by atoms with Gasteiger partial charge >= 0.3 is 6.61 Å².